The smallest absolute Gasteiger partial charge is 0.139 e. The minimum atomic E-state index is -0.900. The van der Waals surface area contributed by atoms with Crippen LogP contribution in [-0.2, 0) is 5.60 Å². The second-order valence-corrected chi connectivity index (χ2v) is 6.38. The highest BCUT2D eigenvalue weighted by molar-refractivity contribution is 5.89. The summed E-state index contributed by atoms with van der Waals surface area (Å²) in [7, 11) is 0. The number of aromatic nitrogens is 2. The summed E-state index contributed by atoms with van der Waals surface area (Å²) >= 11 is 0. The van der Waals surface area contributed by atoms with Crippen LogP contribution in [0.5, 0.6) is 0 Å². The van der Waals surface area contributed by atoms with Gasteiger partial charge >= 0.3 is 0 Å². The Morgan fingerprint density at radius 2 is 2.00 bits per heavy atom. The van der Waals surface area contributed by atoms with Crippen molar-refractivity contribution in [3.8, 4) is 0 Å². The maximum atomic E-state index is 13.4. The Balaban J connectivity index is 1.72. The number of halogens is 1. The lowest BCUT2D eigenvalue weighted by atomic mass is 9.89. The number of hydrogen-bond donors (Lipinski definition) is 1. The molecule has 122 valence electrons. The Bertz CT molecular complexity index is 914. The SMILES string of the molecule is Cc1ccccc1C1(O)CCN(c2ncnc3cc(F)ccc23)C1. The van der Waals surface area contributed by atoms with Gasteiger partial charge in [0.25, 0.3) is 0 Å². The van der Waals surface area contributed by atoms with Crippen LogP contribution in [0.4, 0.5) is 10.2 Å². The summed E-state index contributed by atoms with van der Waals surface area (Å²) in [5.74, 6) is 0.425. The van der Waals surface area contributed by atoms with Crippen LogP contribution < -0.4 is 4.90 Å². The van der Waals surface area contributed by atoms with Gasteiger partial charge in [-0.05, 0) is 36.6 Å². The van der Waals surface area contributed by atoms with Gasteiger partial charge in [-0.15, -0.1) is 0 Å². The Morgan fingerprint density at radius 1 is 1.17 bits per heavy atom. The average Bonchev–Trinajstić information content (AvgIpc) is 2.97. The van der Waals surface area contributed by atoms with E-state index in [2.05, 4.69) is 9.97 Å². The van der Waals surface area contributed by atoms with E-state index in [9.17, 15) is 9.50 Å². The fourth-order valence-corrected chi connectivity index (χ4v) is 3.56. The third kappa shape index (κ3) is 2.41. The van der Waals surface area contributed by atoms with Crippen LogP contribution in [0.1, 0.15) is 17.5 Å². The zero-order valence-electron chi connectivity index (χ0n) is 13.4. The molecule has 1 aliphatic heterocycles. The first-order valence-electron chi connectivity index (χ1n) is 8.00. The molecule has 0 amide bonds. The van der Waals surface area contributed by atoms with Crippen molar-refractivity contribution < 1.29 is 9.50 Å². The van der Waals surface area contributed by atoms with Gasteiger partial charge < -0.3 is 10.0 Å². The number of nitrogens with zero attached hydrogens (tertiary/aromatic N) is 3. The molecule has 1 N–H and O–H groups in total. The monoisotopic (exact) mass is 323 g/mol. The van der Waals surface area contributed by atoms with E-state index in [0.717, 1.165) is 22.3 Å². The van der Waals surface area contributed by atoms with E-state index in [1.54, 1.807) is 6.07 Å². The van der Waals surface area contributed by atoms with E-state index >= 15 is 0 Å². The minimum absolute atomic E-state index is 0.315. The highest BCUT2D eigenvalue weighted by atomic mass is 19.1. The van der Waals surface area contributed by atoms with E-state index in [4.69, 9.17) is 0 Å². The predicted molar refractivity (Wildman–Crippen MR) is 91.4 cm³/mol. The maximum absolute atomic E-state index is 13.4. The van der Waals surface area contributed by atoms with Gasteiger partial charge in [0.2, 0.25) is 0 Å². The number of fused-ring (bicyclic) bond motifs is 1. The molecule has 4 rings (SSSR count). The van der Waals surface area contributed by atoms with E-state index in [-0.39, 0.29) is 5.82 Å². The predicted octanol–water partition coefficient (Wildman–Crippen LogP) is 3.18. The fourth-order valence-electron chi connectivity index (χ4n) is 3.56. The molecule has 1 fully saturated rings. The molecule has 1 saturated heterocycles. The third-order valence-electron chi connectivity index (χ3n) is 4.77. The largest absolute Gasteiger partial charge is 0.383 e. The molecule has 1 atom stereocenters. The topological polar surface area (TPSA) is 49.2 Å². The number of β-amino-alcohol motifs (C(OH)–C–C–N with tert-alkyl or cyclic N) is 1. The van der Waals surface area contributed by atoms with E-state index in [0.29, 0.717) is 25.0 Å². The fraction of sp³-hybridized carbons (Fsp3) is 0.263. The number of benzene rings is 2. The lowest BCUT2D eigenvalue weighted by molar-refractivity contribution is 0.0600. The van der Waals surface area contributed by atoms with Crippen molar-refractivity contribution in [2.75, 3.05) is 18.0 Å². The molecule has 5 heteroatoms. The number of aryl methyl sites for hydroxylation is 1. The quantitative estimate of drug-likeness (QED) is 0.787. The Kier molecular flexibility index (Phi) is 3.46. The van der Waals surface area contributed by atoms with Crippen LogP contribution in [-0.4, -0.2) is 28.2 Å². The van der Waals surface area contributed by atoms with Crippen LogP contribution in [0.2, 0.25) is 0 Å². The van der Waals surface area contributed by atoms with Crippen molar-refractivity contribution in [1.82, 2.24) is 9.97 Å². The molecule has 2 heterocycles. The Hall–Kier alpha value is -2.53. The number of anilines is 1. The van der Waals surface area contributed by atoms with Gasteiger partial charge in [-0.3, -0.25) is 0 Å². The average molecular weight is 323 g/mol. The minimum Gasteiger partial charge on any atom is -0.383 e. The van der Waals surface area contributed by atoms with E-state index in [1.165, 1.54) is 18.5 Å². The lowest BCUT2D eigenvalue weighted by Crippen LogP contribution is -2.31. The van der Waals surface area contributed by atoms with Gasteiger partial charge in [0, 0.05) is 18.0 Å². The van der Waals surface area contributed by atoms with Gasteiger partial charge in [-0.1, -0.05) is 24.3 Å². The summed E-state index contributed by atoms with van der Waals surface area (Å²) in [6, 6.07) is 12.4. The summed E-state index contributed by atoms with van der Waals surface area (Å²) in [5.41, 5.74) is 1.71. The van der Waals surface area contributed by atoms with Crippen molar-refractivity contribution in [2.24, 2.45) is 0 Å². The molecule has 24 heavy (non-hydrogen) atoms. The highest BCUT2D eigenvalue weighted by Crippen LogP contribution is 2.37. The zero-order chi connectivity index (χ0) is 16.7. The molecule has 0 spiro atoms. The van der Waals surface area contributed by atoms with Crippen molar-refractivity contribution in [2.45, 2.75) is 18.9 Å². The summed E-state index contributed by atoms with van der Waals surface area (Å²) in [6.07, 6.45) is 2.08. The Morgan fingerprint density at radius 3 is 2.83 bits per heavy atom. The molecule has 1 aromatic heterocycles. The molecular formula is C19H18FN3O. The first-order chi connectivity index (χ1) is 11.6. The summed E-state index contributed by atoms with van der Waals surface area (Å²) in [5, 5.41) is 11.9. The molecule has 0 aliphatic carbocycles. The van der Waals surface area contributed by atoms with Crippen molar-refractivity contribution >= 4 is 16.7 Å². The van der Waals surface area contributed by atoms with Crippen molar-refractivity contribution in [3.63, 3.8) is 0 Å². The van der Waals surface area contributed by atoms with Gasteiger partial charge in [0.1, 0.15) is 23.6 Å². The first-order valence-corrected chi connectivity index (χ1v) is 8.00. The molecule has 2 aromatic carbocycles. The normalized spacial score (nSPS) is 20.7. The van der Waals surface area contributed by atoms with Gasteiger partial charge in [0.15, 0.2) is 0 Å². The molecule has 1 unspecified atom stereocenters. The maximum Gasteiger partial charge on any atom is 0.139 e. The molecule has 4 nitrogen and oxygen atoms in total. The van der Waals surface area contributed by atoms with Crippen molar-refractivity contribution in [1.29, 1.82) is 0 Å². The number of rotatable bonds is 2. The van der Waals surface area contributed by atoms with Crippen LogP contribution >= 0.6 is 0 Å². The van der Waals surface area contributed by atoms with E-state index < -0.39 is 5.60 Å². The summed E-state index contributed by atoms with van der Waals surface area (Å²) in [4.78, 5) is 10.6. The van der Waals surface area contributed by atoms with E-state index in [1.807, 2.05) is 36.1 Å². The third-order valence-corrected chi connectivity index (χ3v) is 4.77. The lowest BCUT2D eigenvalue weighted by Gasteiger charge is -2.26. The highest BCUT2D eigenvalue weighted by Gasteiger charge is 2.39. The van der Waals surface area contributed by atoms with Crippen LogP contribution in [0, 0.1) is 12.7 Å². The van der Waals surface area contributed by atoms with Crippen LogP contribution in [0.3, 0.4) is 0 Å². The molecule has 0 bridgehead atoms. The first kappa shape index (κ1) is 15.0. The number of aliphatic hydroxyl groups is 1. The zero-order valence-corrected chi connectivity index (χ0v) is 13.4. The molecule has 0 radical (unpaired) electrons. The van der Waals surface area contributed by atoms with Crippen LogP contribution in [0.15, 0.2) is 48.8 Å². The molecule has 3 aromatic rings. The Labute approximate surface area is 139 Å². The standard InChI is InChI=1S/C19H18FN3O/c1-13-4-2-3-5-16(13)19(24)8-9-23(11-19)18-15-7-6-14(20)10-17(15)21-12-22-18/h2-7,10,12,24H,8-9,11H2,1H3. The second-order valence-electron chi connectivity index (χ2n) is 6.38. The van der Waals surface area contributed by atoms with Crippen molar-refractivity contribution in [3.05, 3.63) is 65.7 Å². The summed E-state index contributed by atoms with van der Waals surface area (Å²) in [6.45, 7) is 3.16. The second kappa shape index (κ2) is 5.53. The van der Waals surface area contributed by atoms with Crippen LogP contribution in [0.25, 0.3) is 10.9 Å². The molecule has 0 saturated carbocycles. The van der Waals surface area contributed by atoms with Gasteiger partial charge in [-0.25, -0.2) is 14.4 Å². The molecular weight excluding hydrogens is 305 g/mol. The van der Waals surface area contributed by atoms with Gasteiger partial charge in [0.05, 0.1) is 12.1 Å². The summed E-state index contributed by atoms with van der Waals surface area (Å²) < 4.78 is 13.4. The molecule has 1 aliphatic rings. The van der Waals surface area contributed by atoms with Gasteiger partial charge in [-0.2, -0.15) is 0 Å². The number of hydrogen-bond acceptors (Lipinski definition) is 4.